The van der Waals surface area contributed by atoms with E-state index in [2.05, 4.69) is 35.5 Å². The van der Waals surface area contributed by atoms with Crippen molar-refractivity contribution in [1.82, 2.24) is 34.7 Å². The van der Waals surface area contributed by atoms with Gasteiger partial charge in [0.1, 0.15) is 10.5 Å². The van der Waals surface area contributed by atoms with Crippen molar-refractivity contribution in [2.45, 2.75) is 24.5 Å². The molecule has 11 nitrogen and oxygen atoms in total. The number of pyridine rings is 1. The third kappa shape index (κ3) is 5.03. The van der Waals surface area contributed by atoms with Gasteiger partial charge in [-0.25, -0.2) is 15.0 Å². The van der Waals surface area contributed by atoms with Gasteiger partial charge in [-0.3, -0.25) is 14.2 Å². The summed E-state index contributed by atoms with van der Waals surface area (Å²) in [7, 11) is 1.54. The minimum absolute atomic E-state index is 0.0418. The second kappa shape index (κ2) is 10.0. The van der Waals surface area contributed by atoms with Crippen molar-refractivity contribution in [1.29, 1.82) is 0 Å². The Morgan fingerprint density at radius 2 is 2.12 bits per heavy atom. The molecule has 1 atom stereocenters. The second-order valence-electron chi connectivity index (χ2n) is 8.38. The van der Waals surface area contributed by atoms with Gasteiger partial charge in [-0.05, 0) is 31.5 Å². The zero-order valence-corrected chi connectivity index (χ0v) is 19.7. The van der Waals surface area contributed by atoms with E-state index in [1.807, 2.05) is 0 Å². The van der Waals surface area contributed by atoms with Gasteiger partial charge in [-0.2, -0.15) is 4.98 Å². The predicted molar refractivity (Wildman–Crippen MR) is 128 cm³/mol. The molecule has 2 N–H and O–H groups in total. The SMILES string of the molecule is COc1cnc2ccc(=O)n(CCN3CC[C@@H](CNCc4cnc5c(n4)NC(=O)CS5)C3)c2n1. The standard InChI is InChI=1S/C22H26N8O3S/c1-33-18-11-24-16-2-3-19(32)30(21(16)28-18)7-6-29-5-4-14(12-29)8-23-9-15-10-25-22-20(26-15)27-17(31)13-34-22/h2-3,10-11,14,23H,4-9,12-13H2,1H3,(H,26,27,31)/t14-/m0/s1. The highest BCUT2D eigenvalue weighted by Crippen LogP contribution is 2.27. The van der Waals surface area contributed by atoms with E-state index in [1.54, 1.807) is 23.0 Å². The molecular weight excluding hydrogens is 456 g/mol. The zero-order valence-electron chi connectivity index (χ0n) is 18.9. The van der Waals surface area contributed by atoms with Crippen molar-refractivity contribution < 1.29 is 9.53 Å². The first-order chi connectivity index (χ1) is 16.6. The molecule has 1 amide bonds. The van der Waals surface area contributed by atoms with Crippen LogP contribution in [0.4, 0.5) is 5.82 Å². The van der Waals surface area contributed by atoms with Crippen LogP contribution in [0.1, 0.15) is 12.1 Å². The molecule has 0 unspecified atom stereocenters. The number of nitrogens with zero attached hydrogens (tertiary/aromatic N) is 6. The maximum atomic E-state index is 12.5. The van der Waals surface area contributed by atoms with Crippen molar-refractivity contribution in [3.05, 3.63) is 40.6 Å². The summed E-state index contributed by atoms with van der Waals surface area (Å²) in [6.45, 7) is 4.73. The van der Waals surface area contributed by atoms with Gasteiger partial charge in [-0.1, -0.05) is 11.8 Å². The topological polar surface area (TPSA) is 127 Å². The van der Waals surface area contributed by atoms with Gasteiger partial charge in [0.15, 0.2) is 11.5 Å². The van der Waals surface area contributed by atoms with Crippen molar-refractivity contribution in [2.75, 3.05) is 44.4 Å². The van der Waals surface area contributed by atoms with Crippen LogP contribution in [-0.2, 0) is 17.9 Å². The Hall–Kier alpha value is -3.09. The molecule has 3 aromatic heterocycles. The number of thioether (sulfide) groups is 1. The van der Waals surface area contributed by atoms with E-state index in [0.717, 1.165) is 43.3 Å². The molecule has 0 radical (unpaired) electrons. The first kappa shape index (κ1) is 22.7. The van der Waals surface area contributed by atoms with Crippen LogP contribution in [0.25, 0.3) is 11.2 Å². The number of anilines is 1. The van der Waals surface area contributed by atoms with Crippen molar-refractivity contribution in [3.63, 3.8) is 0 Å². The lowest BCUT2D eigenvalue weighted by Gasteiger charge is -2.18. The van der Waals surface area contributed by atoms with Gasteiger partial charge >= 0.3 is 0 Å². The first-order valence-corrected chi connectivity index (χ1v) is 12.2. The van der Waals surface area contributed by atoms with E-state index in [1.165, 1.54) is 24.9 Å². The van der Waals surface area contributed by atoms with Crippen LogP contribution >= 0.6 is 11.8 Å². The van der Waals surface area contributed by atoms with Crippen LogP contribution in [0.3, 0.4) is 0 Å². The summed E-state index contributed by atoms with van der Waals surface area (Å²) < 4.78 is 6.85. The number of ether oxygens (including phenoxy) is 1. The van der Waals surface area contributed by atoms with E-state index in [4.69, 9.17) is 4.74 Å². The maximum Gasteiger partial charge on any atom is 0.252 e. The molecular formula is C22H26N8O3S. The molecule has 0 aliphatic carbocycles. The summed E-state index contributed by atoms with van der Waals surface area (Å²) in [5.74, 6) is 1.81. The van der Waals surface area contributed by atoms with Gasteiger partial charge in [0.05, 0.1) is 31.0 Å². The van der Waals surface area contributed by atoms with Crippen molar-refractivity contribution >= 4 is 34.7 Å². The number of carbonyl (C=O) groups excluding carboxylic acids is 1. The Balaban J connectivity index is 1.13. The summed E-state index contributed by atoms with van der Waals surface area (Å²) in [5.41, 5.74) is 1.94. The lowest BCUT2D eigenvalue weighted by atomic mass is 10.1. The predicted octanol–water partition coefficient (Wildman–Crippen LogP) is 0.746. The lowest BCUT2D eigenvalue weighted by Crippen LogP contribution is -2.31. The Labute approximate surface area is 200 Å². The fourth-order valence-electron chi connectivity index (χ4n) is 4.27. The number of likely N-dealkylation sites (tertiary alicyclic amines) is 1. The highest BCUT2D eigenvalue weighted by Gasteiger charge is 2.23. The zero-order chi connectivity index (χ0) is 23.5. The van der Waals surface area contributed by atoms with Crippen LogP contribution < -0.4 is 20.9 Å². The van der Waals surface area contributed by atoms with Crippen LogP contribution in [0.5, 0.6) is 5.88 Å². The van der Waals surface area contributed by atoms with Crippen molar-refractivity contribution in [2.24, 2.45) is 5.92 Å². The largest absolute Gasteiger partial charge is 0.480 e. The number of rotatable bonds is 8. The molecule has 0 bridgehead atoms. The highest BCUT2D eigenvalue weighted by atomic mass is 32.2. The number of hydrogen-bond donors (Lipinski definition) is 2. The van der Waals surface area contributed by atoms with E-state index < -0.39 is 0 Å². The minimum Gasteiger partial charge on any atom is -0.480 e. The summed E-state index contributed by atoms with van der Waals surface area (Å²) in [6.07, 6.45) is 4.41. The van der Waals surface area contributed by atoms with E-state index in [-0.39, 0.29) is 11.5 Å². The number of nitrogens with one attached hydrogen (secondary N) is 2. The Bertz CT molecular complexity index is 1270. The third-order valence-electron chi connectivity index (χ3n) is 6.01. The summed E-state index contributed by atoms with van der Waals surface area (Å²) in [6, 6.07) is 3.23. The van der Waals surface area contributed by atoms with E-state index >= 15 is 0 Å². The number of aromatic nitrogens is 5. The van der Waals surface area contributed by atoms with Crippen LogP contribution in [0.15, 0.2) is 34.3 Å². The van der Waals surface area contributed by atoms with Gasteiger partial charge in [0.25, 0.3) is 5.56 Å². The molecule has 5 rings (SSSR count). The third-order valence-corrected chi connectivity index (χ3v) is 6.99. The van der Waals surface area contributed by atoms with Crippen molar-refractivity contribution in [3.8, 4) is 5.88 Å². The summed E-state index contributed by atoms with van der Waals surface area (Å²) in [4.78, 5) is 44.1. The van der Waals surface area contributed by atoms with Gasteiger partial charge in [0, 0.05) is 32.2 Å². The molecule has 3 aromatic rings. The number of hydrogen-bond acceptors (Lipinski definition) is 10. The quantitative estimate of drug-likeness (QED) is 0.475. The van der Waals surface area contributed by atoms with Crippen LogP contribution in [0, 0.1) is 5.92 Å². The second-order valence-corrected chi connectivity index (χ2v) is 9.35. The Morgan fingerprint density at radius 1 is 1.21 bits per heavy atom. The molecule has 34 heavy (non-hydrogen) atoms. The summed E-state index contributed by atoms with van der Waals surface area (Å²) in [5, 5.41) is 7.01. The fraction of sp³-hybridized carbons (Fsp3) is 0.455. The van der Waals surface area contributed by atoms with E-state index in [9.17, 15) is 9.59 Å². The normalized spacial score (nSPS) is 18.1. The average Bonchev–Trinajstić information content (AvgIpc) is 3.30. The monoisotopic (exact) mass is 482 g/mol. The molecule has 12 heteroatoms. The fourth-order valence-corrected chi connectivity index (χ4v) is 4.97. The maximum absolute atomic E-state index is 12.5. The number of carbonyl (C=O) groups is 1. The molecule has 0 saturated carbocycles. The molecule has 0 spiro atoms. The van der Waals surface area contributed by atoms with Crippen LogP contribution in [-0.4, -0.2) is 74.4 Å². The molecule has 2 aliphatic heterocycles. The molecule has 178 valence electrons. The number of methoxy groups -OCH3 is 1. The number of fused-ring (bicyclic) bond motifs is 2. The van der Waals surface area contributed by atoms with Gasteiger partial charge in [0.2, 0.25) is 11.8 Å². The molecule has 1 fully saturated rings. The summed E-state index contributed by atoms with van der Waals surface area (Å²) >= 11 is 1.41. The van der Waals surface area contributed by atoms with E-state index in [0.29, 0.717) is 47.6 Å². The molecule has 1 saturated heterocycles. The number of amides is 1. The first-order valence-electron chi connectivity index (χ1n) is 11.2. The molecule has 0 aromatic carbocycles. The van der Waals surface area contributed by atoms with Gasteiger partial charge < -0.3 is 20.3 Å². The highest BCUT2D eigenvalue weighted by molar-refractivity contribution is 8.00. The lowest BCUT2D eigenvalue weighted by molar-refractivity contribution is -0.113. The Kier molecular flexibility index (Phi) is 6.70. The average molecular weight is 483 g/mol. The minimum atomic E-state index is -0.0896. The Morgan fingerprint density at radius 3 is 3.00 bits per heavy atom. The molecule has 2 aliphatic rings. The van der Waals surface area contributed by atoms with Gasteiger partial charge in [-0.15, -0.1) is 0 Å². The molecule has 5 heterocycles. The smallest absolute Gasteiger partial charge is 0.252 e. The van der Waals surface area contributed by atoms with Crippen LogP contribution in [0.2, 0.25) is 0 Å².